The smallest absolute Gasteiger partial charge is 0.337 e. The van der Waals surface area contributed by atoms with Gasteiger partial charge < -0.3 is 5.11 Å². The maximum Gasteiger partial charge on any atom is 0.337 e. The van der Waals surface area contributed by atoms with E-state index in [2.05, 4.69) is 16.7 Å². The molecule has 1 aliphatic rings. The molecule has 0 aromatic rings. The van der Waals surface area contributed by atoms with E-state index < -0.39 is 5.97 Å². The summed E-state index contributed by atoms with van der Waals surface area (Å²) in [6.07, 6.45) is 21.0. The fourth-order valence-electron chi connectivity index (χ4n) is 2.85. The van der Waals surface area contributed by atoms with E-state index in [1.807, 2.05) is 0 Å². The number of hydrogen-bond acceptors (Lipinski definition) is 3. The minimum Gasteiger partial charge on any atom is -0.340 e. The van der Waals surface area contributed by atoms with Crippen molar-refractivity contribution < 1.29 is 41.1 Å². The Kier molecular flexibility index (Phi) is 15.8. The summed E-state index contributed by atoms with van der Waals surface area (Å²) >= 11 is 0. The molecule has 0 atom stereocenters. The molecule has 0 aromatic heterocycles. The van der Waals surface area contributed by atoms with Crippen molar-refractivity contribution >= 4 is 0 Å². The molecule has 0 radical (unpaired) electrons. The molecular formula is C18H36O3Zr. The van der Waals surface area contributed by atoms with Crippen molar-refractivity contribution in [1.82, 2.24) is 0 Å². The predicted octanol–water partition coefficient (Wildman–Crippen LogP) is 5.85. The van der Waals surface area contributed by atoms with Crippen molar-refractivity contribution in [2.24, 2.45) is 0 Å². The van der Waals surface area contributed by atoms with E-state index >= 15 is 0 Å². The summed E-state index contributed by atoms with van der Waals surface area (Å²) < 4.78 is 0. The van der Waals surface area contributed by atoms with Gasteiger partial charge in [0.1, 0.15) is 0 Å². The molecule has 1 rings (SSSR count). The van der Waals surface area contributed by atoms with Crippen LogP contribution in [0, 0.1) is 0 Å². The van der Waals surface area contributed by atoms with E-state index in [0.29, 0.717) is 6.42 Å². The van der Waals surface area contributed by atoms with Crippen molar-refractivity contribution in [3.8, 4) is 0 Å². The van der Waals surface area contributed by atoms with Crippen LogP contribution in [0.25, 0.3) is 0 Å². The van der Waals surface area contributed by atoms with Gasteiger partial charge in [0.2, 0.25) is 0 Å². The Hall–Kier alpha value is 0.763. The molecule has 1 N–H and O–H groups in total. The number of unbranched alkanes of at least 4 members (excludes halogenated alkanes) is 14. The molecule has 1 aliphatic heterocycles. The molecule has 1 fully saturated rings. The average molecular weight is 392 g/mol. The van der Waals surface area contributed by atoms with E-state index in [-0.39, 0.29) is 26.2 Å². The quantitative estimate of drug-likeness (QED) is 0.204. The molecule has 130 valence electrons. The van der Waals surface area contributed by atoms with Gasteiger partial charge in [-0.3, -0.25) is 0 Å². The van der Waals surface area contributed by atoms with Gasteiger partial charge in [0.05, 0.1) is 0 Å². The summed E-state index contributed by atoms with van der Waals surface area (Å²) in [5.41, 5.74) is 0. The Balaban J connectivity index is 0.00000441. The molecule has 22 heavy (non-hydrogen) atoms. The van der Waals surface area contributed by atoms with Crippen LogP contribution < -0.4 is 0 Å². The van der Waals surface area contributed by atoms with E-state index in [4.69, 9.17) is 0 Å². The third-order valence-electron chi connectivity index (χ3n) is 4.37. The van der Waals surface area contributed by atoms with Crippen LogP contribution in [-0.2, 0) is 36.0 Å². The second-order valence-electron chi connectivity index (χ2n) is 6.58. The van der Waals surface area contributed by atoms with Crippen LogP contribution in [0.5, 0.6) is 0 Å². The zero-order valence-corrected chi connectivity index (χ0v) is 17.0. The predicted molar refractivity (Wildman–Crippen MR) is 86.7 cm³/mol. The van der Waals surface area contributed by atoms with Crippen molar-refractivity contribution in [2.45, 2.75) is 116 Å². The van der Waals surface area contributed by atoms with Gasteiger partial charge in [-0.1, -0.05) is 96.8 Å². The van der Waals surface area contributed by atoms with Crippen molar-refractivity contribution in [3.05, 3.63) is 0 Å². The topological polar surface area (TPSA) is 45.3 Å². The molecule has 4 heteroatoms. The fourth-order valence-corrected chi connectivity index (χ4v) is 2.85. The molecule has 0 spiro atoms. The monoisotopic (exact) mass is 390 g/mol. The van der Waals surface area contributed by atoms with Crippen LogP contribution in [-0.4, -0.2) is 11.1 Å². The van der Waals surface area contributed by atoms with E-state index in [0.717, 1.165) is 6.42 Å². The maximum atomic E-state index is 9.29. The molecule has 1 heterocycles. The van der Waals surface area contributed by atoms with Crippen LogP contribution in [0.4, 0.5) is 0 Å². The van der Waals surface area contributed by atoms with Gasteiger partial charge in [-0.05, 0) is 6.42 Å². The molecular weight excluding hydrogens is 355 g/mol. The van der Waals surface area contributed by atoms with Crippen LogP contribution in [0.1, 0.15) is 110 Å². The zero-order chi connectivity index (χ0) is 15.2. The molecule has 0 aliphatic carbocycles. The Morgan fingerprint density at radius 1 is 0.591 bits per heavy atom. The van der Waals surface area contributed by atoms with Crippen molar-refractivity contribution in [1.29, 1.82) is 0 Å². The minimum absolute atomic E-state index is 0. The summed E-state index contributed by atoms with van der Waals surface area (Å²) in [5.74, 6) is -1.21. The molecule has 1 saturated heterocycles. The normalized spacial score (nSPS) is 15.5. The number of aliphatic hydroxyl groups is 1. The summed E-state index contributed by atoms with van der Waals surface area (Å²) in [5, 5.41) is 9.29. The van der Waals surface area contributed by atoms with Crippen LogP contribution >= 0.6 is 0 Å². The molecule has 0 amide bonds. The molecule has 3 nitrogen and oxygen atoms in total. The Bertz CT molecular complexity index is 232. The largest absolute Gasteiger partial charge is 0.340 e. The molecule has 0 aromatic carbocycles. The second-order valence-corrected chi connectivity index (χ2v) is 6.58. The van der Waals surface area contributed by atoms with Gasteiger partial charge in [-0.15, -0.1) is 0 Å². The molecule has 0 unspecified atom stereocenters. The van der Waals surface area contributed by atoms with Gasteiger partial charge in [-0.25, -0.2) is 0 Å². The Morgan fingerprint density at radius 3 is 1.23 bits per heavy atom. The third-order valence-corrected chi connectivity index (χ3v) is 4.37. The summed E-state index contributed by atoms with van der Waals surface area (Å²) in [6, 6.07) is 0. The number of rotatable bonds is 16. The standard InChI is InChI=1S/C18H36O3.Zr/c1-2-3-4-5-6-7-8-9-10-11-12-13-14-15-16-17-18(19)20-21-18;/h19H,2-17H2,1H3;. The first-order valence-electron chi connectivity index (χ1n) is 9.36. The van der Waals surface area contributed by atoms with E-state index in [9.17, 15) is 5.11 Å². The van der Waals surface area contributed by atoms with Crippen LogP contribution in [0.15, 0.2) is 0 Å². The van der Waals surface area contributed by atoms with Gasteiger partial charge in [0.15, 0.2) is 0 Å². The van der Waals surface area contributed by atoms with Gasteiger partial charge in [0, 0.05) is 32.6 Å². The molecule has 0 bridgehead atoms. The minimum atomic E-state index is -1.21. The van der Waals surface area contributed by atoms with Crippen LogP contribution in [0.2, 0.25) is 0 Å². The average Bonchev–Trinajstić information content (AvgIpc) is 3.21. The van der Waals surface area contributed by atoms with E-state index in [1.54, 1.807) is 0 Å². The third kappa shape index (κ3) is 14.4. The Labute approximate surface area is 156 Å². The Morgan fingerprint density at radius 2 is 0.909 bits per heavy atom. The van der Waals surface area contributed by atoms with Crippen molar-refractivity contribution in [2.75, 3.05) is 0 Å². The van der Waals surface area contributed by atoms with Crippen molar-refractivity contribution in [3.63, 3.8) is 0 Å². The van der Waals surface area contributed by atoms with Gasteiger partial charge in [0.25, 0.3) is 0 Å². The number of hydrogen-bond donors (Lipinski definition) is 1. The van der Waals surface area contributed by atoms with Crippen LogP contribution in [0.3, 0.4) is 0 Å². The van der Waals surface area contributed by atoms with Gasteiger partial charge in [-0.2, -0.15) is 9.78 Å². The van der Waals surface area contributed by atoms with Gasteiger partial charge >= 0.3 is 5.97 Å². The molecule has 0 saturated carbocycles. The summed E-state index contributed by atoms with van der Waals surface area (Å²) in [6.45, 7) is 2.28. The first-order chi connectivity index (χ1) is 10.3. The SMILES string of the molecule is CCCCCCCCCCCCCCCCCC1(O)OO1.[Zr]. The first kappa shape index (κ1) is 22.8. The zero-order valence-electron chi connectivity index (χ0n) is 14.6. The summed E-state index contributed by atoms with van der Waals surface area (Å²) in [7, 11) is 0. The van der Waals surface area contributed by atoms with E-state index in [1.165, 1.54) is 89.9 Å². The summed E-state index contributed by atoms with van der Waals surface area (Å²) in [4.78, 5) is 8.94. The fraction of sp³-hybridized carbons (Fsp3) is 1.00. The maximum absolute atomic E-state index is 9.29. The first-order valence-corrected chi connectivity index (χ1v) is 9.36. The second kappa shape index (κ2) is 15.3.